The van der Waals surface area contributed by atoms with Gasteiger partial charge >= 0.3 is 6.03 Å². The van der Waals surface area contributed by atoms with Gasteiger partial charge in [-0.05, 0) is 29.8 Å². The average Bonchev–Trinajstić information content (AvgIpc) is 2.42. The molecule has 2 aromatic carbocycles. The zero-order valence-electron chi connectivity index (χ0n) is 10.3. The minimum absolute atomic E-state index is 0.292. The molecule has 0 unspecified atom stereocenters. The molecule has 2 aromatic rings. The van der Waals surface area contributed by atoms with Gasteiger partial charge in [-0.2, -0.15) is 5.26 Å². The fraction of sp³-hybridized carbons (Fsp3) is 0.0667. The molecule has 0 saturated carbocycles. The first-order chi connectivity index (χ1) is 9.28. The first kappa shape index (κ1) is 12.7. The van der Waals surface area contributed by atoms with Gasteiger partial charge in [0, 0.05) is 11.4 Å². The van der Waals surface area contributed by atoms with Gasteiger partial charge in [0.1, 0.15) is 0 Å². The van der Waals surface area contributed by atoms with Gasteiger partial charge in [-0.1, -0.05) is 30.3 Å². The van der Waals surface area contributed by atoms with Crippen molar-refractivity contribution in [3.8, 4) is 6.07 Å². The highest BCUT2D eigenvalue weighted by Gasteiger charge is 2.02. The Morgan fingerprint density at radius 2 is 1.53 bits per heavy atom. The molecule has 4 nitrogen and oxygen atoms in total. The maximum Gasteiger partial charge on any atom is 0.323 e. The number of hydrogen-bond donors (Lipinski definition) is 2. The Labute approximate surface area is 111 Å². The highest BCUT2D eigenvalue weighted by Crippen LogP contribution is 2.11. The molecule has 0 fully saturated rings. The number of nitrogens with zero attached hydrogens (tertiary/aromatic N) is 1. The maximum atomic E-state index is 11.7. The number of rotatable bonds is 3. The average molecular weight is 251 g/mol. The molecule has 0 aromatic heterocycles. The Hall–Kier alpha value is -2.80. The topological polar surface area (TPSA) is 64.9 Å². The molecule has 0 radical (unpaired) electrons. The largest absolute Gasteiger partial charge is 0.323 e. The number of carbonyl (C=O) groups excluding carboxylic acids is 1. The second kappa shape index (κ2) is 6.22. The molecule has 2 rings (SSSR count). The van der Waals surface area contributed by atoms with Gasteiger partial charge < -0.3 is 10.6 Å². The molecular formula is C15H13N3O. The van der Waals surface area contributed by atoms with Crippen LogP contribution in [-0.2, 0) is 6.42 Å². The van der Waals surface area contributed by atoms with E-state index in [4.69, 9.17) is 5.26 Å². The zero-order chi connectivity index (χ0) is 13.5. The summed E-state index contributed by atoms with van der Waals surface area (Å²) in [5, 5.41) is 14.0. The molecule has 0 bridgehead atoms. The molecule has 4 heteroatoms. The fourth-order valence-corrected chi connectivity index (χ4v) is 1.61. The lowest BCUT2D eigenvalue weighted by molar-refractivity contribution is 0.262. The molecule has 0 aliphatic carbocycles. The van der Waals surface area contributed by atoms with Crippen LogP contribution >= 0.6 is 0 Å². The van der Waals surface area contributed by atoms with E-state index >= 15 is 0 Å². The van der Waals surface area contributed by atoms with Crippen molar-refractivity contribution in [3.63, 3.8) is 0 Å². The zero-order valence-corrected chi connectivity index (χ0v) is 10.3. The van der Waals surface area contributed by atoms with Crippen molar-refractivity contribution in [2.75, 3.05) is 10.6 Å². The number of nitrogens with one attached hydrogen (secondary N) is 2. The summed E-state index contributed by atoms with van der Waals surface area (Å²) in [5.41, 5.74) is 2.35. The Morgan fingerprint density at radius 3 is 2.11 bits per heavy atom. The van der Waals surface area contributed by atoms with Gasteiger partial charge in [0.05, 0.1) is 12.5 Å². The molecule has 0 aliphatic rings. The van der Waals surface area contributed by atoms with Crippen molar-refractivity contribution in [2.24, 2.45) is 0 Å². The van der Waals surface area contributed by atoms with E-state index in [0.29, 0.717) is 12.1 Å². The van der Waals surface area contributed by atoms with Gasteiger partial charge in [0.25, 0.3) is 0 Å². The van der Waals surface area contributed by atoms with Crippen LogP contribution in [0.1, 0.15) is 5.56 Å². The van der Waals surface area contributed by atoms with Crippen molar-refractivity contribution >= 4 is 17.4 Å². The number of urea groups is 1. The van der Waals surface area contributed by atoms with Crippen LogP contribution < -0.4 is 10.6 Å². The lowest BCUT2D eigenvalue weighted by Gasteiger charge is -2.07. The summed E-state index contributed by atoms with van der Waals surface area (Å²) in [6.45, 7) is 0. The highest BCUT2D eigenvalue weighted by atomic mass is 16.2. The van der Waals surface area contributed by atoms with E-state index in [1.54, 1.807) is 12.1 Å². The van der Waals surface area contributed by atoms with E-state index in [0.717, 1.165) is 11.3 Å². The first-order valence-electron chi connectivity index (χ1n) is 5.87. The van der Waals surface area contributed by atoms with E-state index in [1.807, 2.05) is 42.5 Å². The normalized spacial score (nSPS) is 9.42. The fourth-order valence-electron chi connectivity index (χ4n) is 1.61. The maximum absolute atomic E-state index is 11.7. The van der Waals surface area contributed by atoms with Crippen LogP contribution in [0.3, 0.4) is 0 Å². The first-order valence-corrected chi connectivity index (χ1v) is 5.87. The number of para-hydroxylation sites is 1. The molecular weight excluding hydrogens is 238 g/mol. The molecule has 0 atom stereocenters. The van der Waals surface area contributed by atoms with Crippen LogP contribution in [0, 0.1) is 11.3 Å². The Kier molecular flexibility index (Phi) is 4.14. The van der Waals surface area contributed by atoms with Gasteiger partial charge in [0.15, 0.2) is 0 Å². The standard InChI is InChI=1S/C15H13N3O/c16-11-10-12-6-8-14(9-7-12)18-15(19)17-13-4-2-1-3-5-13/h1-9H,10H2,(H2,17,18,19). The number of hydrogen-bond acceptors (Lipinski definition) is 2. The van der Waals surface area contributed by atoms with Gasteiger partial charge in [-0.3, -0.25) is 0 Å². The summed E-state index contributed by atoms with van der Waals surface area (Å²) in [6, 6.07) is 18.2. The number of carbonyl (C=O) groups is 1. The summed E-state index contributed by atoms with van der Waals surface area (Å²) >= 11 is 0. The molecule has 94 valence electrons. The quantitative estimate of drug-likeness (QED) is 0.878. The van der Waals surface area contributed by atoms with Crippen LogP contribution in [0.15, 0.2) is 54.6 Å². The molecule has 0 saturated heterocycles. The minimum atomic E-state index is -0.292. The third-order valence-corrected chi connectivity index (χ3v) is 2.53. The summed E-state index contributed by atoms with van der Waals surface area (Å²) in [7, 11) is 0. The number of benzene rings is 2. The van der Waals surface area contributed by atoms with Crippen molar-refractivity contribution in [2.45, 2.75) is 6.42 Å². The predicted octanol–water partition coefficient (Wildman–Crippen LogP) is 3.40. The van der Waals surface area contributed by atoms with Crippen LogP contribution in [0.25, 0.3) is 0 Å². The van der Waals surface area contributed by atoms with E-state index < -0.39 is 0 Å². The van der Waals surface area contributed by atoms with Gasteiger partial charge in [0.2, 0.25) is 0 Å². The number of anilines is 2. The van der Waals surface area contributed by atoms with E-state index in [2.05, 4.69) is 16.7 Å². The highest BCUT2D eigenvalue weighted by molar-refractivity contribution is 5.99. The second-order valence-corrected chi connectivity index (χ2v) is 3.98. The molecule has 0 aliphatic heterocycles. The summed E-state index contributed by atoms with van der Waals surface area (Å²) in [4.78, 5) is 11.7. The van der Waals surface area contributed by atoms with Crippen molar-refractivity contribution in [1.82, 2.24) is 0 Å². The molecule has 0 heterocycles. The minimum Gasteiger partial charge on any atom is -0.308 e. The second-order valence-electron chi connectivity index (χ2n) is 3.98. The Balaban J connectivity index is 1.94. The third-order valence-electron chi connectivity index (χ3n) is 2.53. The summed E-state index contributed by atoms with van der Waals surface area (Å²) in [6.07, 6.45) is 0.372. The van der Waals surface area contributed by atoms with Crippen LogP contribution in [0.2, 0.25) is 0 Å². The smallest absolute Gasteiger partial charge is 0.308 e. The lowest BCUT2D eigenvalue weighted by Crippen LogP contribution is -2.19. The van der Waals surface area contributed by atoms with Gasteiger partial charge in [-0.15, -0.1) is 0 Å². The molecule has 2 N–H and O–H groups in total. The van der Waals surface area contributed by atoms with Crippen LogP contribution in [0.4, 0.5) is 16.2 Å². The predicted molar refractivity (Wildman–Crippen MR) is 74.8 cm³/mol. The van der Waals surface area contributed by atoms with Crippen molar-refractivity contribution in [3.05, 3.63) is 60.2 Å². The van der Waals surface area contributed by atoms with E-state index in [1.165, 1.54) is 0 Å². The van der Waals surface area contributed by atoms with Gasteiger partial charge in [-0.25, -0.2) is 4.79 Å². The van der Waals surface area contributed by atoms with Crippen LogP contribution in [0.5, 0.6) is 0 Å². The molecule has 19 heavy (non-hydrogen) atoms. The van der Waals surface area contributed by atoms with E-state index in [9.17, 15) is 4.79 Å². The SMILES string of the molecule is N#CCc1ccc(NC(=O)Nc2ccccc2)cc1. The Morgan fingerprint density at radius 1 is 0.947 bits per heavy atom. The van der Waals surface area contributed by atoms with Crippen LogP contribution in [-0.4, -0.2) is 6.03 Å². The van der Waals surface area contributed by atoms with Crippen molar-refractivity contribution < 1.29 is 4.79 Å². The summed E-state index contributed by atoms with van der Waals surface area (Å²) < 4.78 is 0. The monoisotopic (exact) mass is 251 g/mol. The molecule has 0 spiro atoms. The molecule has 2 amide bonds. The lowest BCUT2D eigenvalue weighted by atomic mass is 10.1. The summed E-state index contributed by atoms with van der Waals surface area (Å²) in [5.74, 6) is 0. The Bertz CT molecular complexity index is 585. The number of amides is 2. The third kappa shape index (κ3) is 3.86. The van der Waals surface area contributed by atoms with Crippen molar-refractivity contribution in [1.29, 1.82) is 5.26 Å². The number of nitriles is 1. The van der Waals surface area contributed by atoms with E-state index in [-0.39, 0.29) is 6.03 Å².